The molecule has 1 fully saturated rings. The molecule has 0 saturated carbocycles. The molecular formula is C16H23ClN2O3. The molecule has 0 unspecified atom stereocenters. The number of carbonyl (C=O) groups is 1. The zero-order valence-corrected chi connectivity index (χ0v) is 13.4. The van der Waals surface area contributed by atoms with E-state index in [1.807, 2.05) is 24.3 Å². The fourth-order valence-corrected chi connectivity index (χ4v) is 2.81. The topological polar surface area (TPSA) is 61.8 Å². The quantitative estimate of drug-likeness (QED) is 0.841. The molecule has 0 bridgehead atoms. The second-order valence-corrected chi connectivity index (χ2v) is 5.85. The number of urea groups is 1. The van der Waals surface area contributed by atoms with Crippen molar-refractivity contribution in [3.05, 3.63) is 34.9 Å². The lowest BCUT2D eigenvalue weighted by molar-refractivity contribution is -0.00575. The van der Waals surface area contributed by atoms with E-state index in [0.29, 0.717) is 24.7 Å². The molecule has 1 aliphatic heterocycles. The second kappa shape index (κ2) is 8.98. The standard InChI is InChI=1S/C16H23ClN2O3/c17-14-4-1-3-13(11-14)6-7-18-16(21)19-8-2-5-15(12-19)22-10-9-20/h1,3-4,11,15,20H,2,5-10,12H2,(H,18,21)/t15-/m0/s1. The molecule has 6 heteroatoms. The van der Waals surface area contributed by atoms with Crippen LogP contribution in [0.5, 0.6) is 0 Å². The molecule has 1 atom stereocenters. The van der Waals surface area contributed by atoms with Gasteiger partial charge >= 0.3 is 6.03 Å². The van der Waals surface area contributed by atoms with Crippen LogP contribution in [-0.2, 0) is 11.2 Å². The van der Waals surface area contributed by atoms with E-state index >= 15 is 0 Å². The molecular weight excluding hydrogens is 304 g/mol. The number of likely N-dealkylation sites (tertiary alicyclic amines) is 1. The van der Waals surface area contributed by atoms with E-state index in [0.717, 1.165) is 31.4 Å². The third-order valence-electron chi connectivity index (χ3n) is 3.69. The molecule has 2 amide bonds. The monoisotopic (exact) mass is 326 g/mol. The van der Waals surface area contributed by atoms with E-state index in [4.69, 9.17) is 21.4 Å². The Bertz CT molecular complexity index is 484. The number of aliphatic hydroxyl groups excluding tert-OH is 1. The van der Waals surface area contributed by atoms with Gasteiger partial charge in [-0.25, -0.2) is 4.79 Å². The number of piperidine rings is 1. The summed E-state index contributed by atoms with van der Waals surface area (Å²) in [5.74, 6) is 0. The van der Waals surface area contributed by atoms with Crippen LogP contribution in [0.3, 0.4) is 0 Å². The molecule has 1 heterocycles. The summed E-state index contributed by atoms with van der Waals surface area (Å²) in [7, 11) is 0. The summed E-state index contributed by atoms with van der Waals surface area (Å²) < 4.78 is 5.51. The Morgan fingerprint density at radius 3 is 3.14 bits per heavy atom. The third kappa shape index (κ3) is 5.48. The number of nitrogens with zero attached hydrogens (tertiary/aromatic N) is 1. The predicted molar refractivity (Wildman–Crippen MR) is 86.2 cm³/mol. The van der Waals surface area contributed by atoms with Gasteiger partial charge in [-0.3, -0.25) is 0 Å². The van der Waals surface area contributed by atoms with E-state index in [-0.39, 0.29) is 18.7 Å². The van der Waals surface area contributed by atoms with Gasteiger partial charge in [-0.05, 0) is 37.0 Å². The average molecular weight is 327 g/mol. The highest BCUT2D eigenvalue weighted by Gasteiger charge is 2.23. The Kier molecular flexibility index (Phi) is 6.96. The third-order valence-corrected chi connectivity index (χ3v) is 3.92. The van der Waals surface area contributed by atoms with Crippen molar-refractivity contribution in [3.8, 4) is 0 Å². The maximum atomic E-state index is 12.2. The molecule has 5 nitrogen and oxygen atoms in total. The summed E-state index contributed by atoms with van der Waals surface area (Å²) in [5, 5.41) is 12.4. The number of amides is 2. The number of aliphatic hydroxyl groups is 1. The number of hydrogen-bond acceptors (Lipinski definition) is 3. The summed E-state index contributed by atoms with van der Waals surface area (Å²) in [6, 6.07) is 7.60. The number of ether oxygens (including phenoxy) is 1. The van der Waals surface area contributed by atoms with Crippen LogP contribution in [0.15, 0.2) is 24.3 Å². The van der Waals surface area contributed by atoms with Gasteiger partial charge in [0.15, 0.2) is 0 Å². The fourth-order valence-electron chi connectivity index (χ4n) is 2.60. The Morgan fingerprint density at radius 1 is 1.50 bits per heavy atom. The number of rotatable bonds is 6. The SMILES string of the molecule is O=C(NCCc1cccc(Cl)c1)N1CCC[C@H](OCCO)C1. The molecule has 0 aliphatic carbocycles. The van der Waals surface area contributed by atoms with Crippen LogP contribution in [0.2, 0.25) is 5.02 Å². The maximum Gasteiger partial charge on any atom is 0.317 e. The fraction of sp³-hybridized carbons (Fsp3) is 0.562. The van der Waals surface area contributed by atoms with Gasteiger partial charge in [0.25, 0.3) is 0 Å². The number of benzene rings is 1. The lowest BCUT2D eigenvalue weighted by Crippen LogP contribution is -2.48. The van der Waals surface area contributed by atoms with Gasteiger partial charge in [0.2, 0.25) is 0 Å². The van der Waals surface area contributed by atoms with Crippen LogP contribution in [0, 0.1) is 0 Å². The van der Waals surface area contributed by atoms with E-state index in [1.165, 1.54) is 0 Å². The second-order valence-electron chi connectivity index (χ2n) is 5.42. The van der Waals surface area contributed by atoms with Crippen molar-refractivity contribution in [2.75, 3.05) is 32.8 Å². The van der Waals surface area contributed by atoms with Crippen LogP contribution >= 0.6 is 11.6 Å². The van der Waals surface area contributed by atoms with Crippen molar-refractivity contribution in [1.82, 2.24) is 10.2 Å². The first-order valence-corrected chi connectivity index (χ1v) is 8.06. The first kappa shape index (κ1) is 17.1. The molecule has 2 rings (SSSR count). The lowest BCUT2D eigenvalue weighted by Gasteiger charge is -2.32. The van der Waals surface area contributed by atoms with Crippen molar-refractivity contribution in [2.24, 2.45) is 0 Å². The van der Waals surface area contributed by atoms with Gasteiger partial charge < -0.3 is 20.1 Å². The van der Waals surface area contributed by atoms with Crippen molar-refractivity contribution < 1.29 is 14.6 Å². The average Bonchev–Trinajstić information content (AvgIpc) is 2.53. The van der Waals surface area contributed by atoms with Crippen LogP contribution in [0.25, 0.3) is 0 Å². The van der Waals surface area contributed by atoms with Crippen molar-refractivity contribution in [3.63, 3.8) is 0 Å². The van der Waals surface area contributed by atoms with Gasteiger partial charge in [0.05, 0.1) is 19.3 Å². The van der Waals surface area contributed by atoms with Gasteiger partial charge in [-0.2, -0.15) is 0 Å². The zero-order chi connectivity index (χ0) is 15.8. The van der Waals surface area contributed by atoms with Gasteiger partial charge in [-0.15, -0.1) is 0 Å². The molecule has 0 aromatic heterocycles. The highest BCUT2D eigenvalue weighted by atomic mass is 35.5. The summed E-state index contributed by atoms with van der Waals surface area (Å²) in [5.41, 5.74) is 1.11. The Hall–Kier alpha value is -1.30. The highest BCUT2D eigenvalue weighted by molar-refractivity contribution is 6.30. The first-order chi connectivity index (χ1) is 10.7. The molecule has 2 N–H and O–H groups in total. The maximum absolute atomic E-state index is 12.2. The predicted octanol–water partition coefficient (Wildman–Crippen LogP) is 2.07. The Morgan fingerprint density at radius 2 is 2.36 bits per heavy atom. The van der Waals surface area contributed by atoms with Gasteiger partial charge in [0.1, 0.15) is 0 Å². The van der Waals surface area contributed by atoms with E-state index < -0.39 is 0 Å². The van der Waals surface area contributed by atoms with Gasteiger partial charge in [0, 0.05) is 24.7 Å². The van der Waals surface area contributed by atoms with Crippen molar-refractivity contribution in [1.29, 1.82) is 0 Å². The summed E-state index contributed by atoms with van der Waals surface area (Å²) in [4.78, 5) is 13.9. The number of nitrogens with one attached hydrogen (secondary N) is 1. The van der Waals surface area contributed by atoms with Crippen molar-refractivity contribution in [2.45, 2.75) is 25.4 Å². The summed E-state index contributed by atoms with van der Waals surface area (Å²) in [6.07, 6.45) is 2.65. The zero-order valence-electron chi connectivity index (χ0n) is 12.6. The minimum Gasteiger partial charge on any atom is -0.394 e. The lowest BCUT2D eigenvalue weighted by atomic mass is 10.1. The van der Waals surface area contributed by atoms with Crippen LogP contribution in [0.1, 0.15) is 18.4 Å². The van der Waals surface area contributed by atoms with Crippen LogP contribution < -0.4 is 5.32 Å². The molecule has 0 spiro atoms. The first-order valence-electron chi connectivity index (χ1n) is 7.68. The molecule has 1 aromatic rings. The minimum atomic E-state index is -0.0562. The Labute approximate surface area is 136 Å². The van der Waals surface area contributed by atoms with Gasteiger partial charge in [-0.1, -0.05) is 23.7 Å². The number of carbonyl (C=O) groups excluding carboxylic acids is 1. The molecule has 1 aliphatic rings. The van der Waals surface area contributed by atoms with Crippen LogP contribution in [-0.4, -0.2) is 55.0 Å². The summed E-state index contributed by atoms with van der Waals surface area (Å²) >= 11 is 5.94. The molecule has 122 valence electrons. The molecule has 1 aromatic carbocycles. The summed E-state index contributed by atoms with van der Waals surface area (Å²) in [6.45, 7) is 2.26. The van der Waals surface area contributed by atoms with E-state index in [9.17, 15) is 4.79 Å². The highest BCUT2D eigenvalue weighted by Crippen LogP contribution is 2.13. The molecule has 1 saturated heterocycles. The van der Waals surface area contributed by atoms with E-state index in [1.54, 1.807) is 4.90 Å². The largest absolute Gasteiger partial charge is 0.394 e. The van der Waals surface area contributed by atoms with Crippen LogP contribution in [0.4, 0.5) is 4.79 Å². The molecule has 0 radical (unpaired) electrons. The minimum absolute atomic E-state index is 0.0162. The number of halogens is 1. The van der Waals surface area contributed by atoms with E-state index in [2.05, 4.69) is 5.32 Å². The number of hydrogen-bond donors (Lipinski definition) is 2. The normalized spacial score (nSPS) is 18.3. The Balaban J connectivity index is 1.72. The molecule has 22 heavy (non-hydrogen) atoms. The smallest absolute Gasteiger partial charge is 0.317 e. The van der Waals surface area contributed by atoms with Crippen molar-refractivity contribution >= 4 is 17.6 Å².